The monoisotopic (exact) mass is 1280 g/mol. The number of nitrogens with one attached hydrogen (secondary N) is 1. The fraction of sp³-hybridized carbons (Fsp3) is 0.815. The van der Waals surface area contributed by atoms with Crippen LogP contribution in [-0.2, 0) is 18.4 Å². The minimum absolute atomic E-state index is 0.0532. The van der Waals surface area contributed by atoms with Gasteiger partial charge in [-0.15, -0.1) is 0 Å². The number of nitrogens with zero attached hydrogens (tertiary/aromatic N) is 1. The highest BCUT2D eigenvalue weighted by Gasteiger charge is 2.28. The molecule has 0 aliphatic heterocycles. The molecule has 526 valence electrons. The van der Waals surface area contributed by atoms with Crippen molar-refractivity contribution in [2.75, 3.05) is 40.9 Å². The maximum absolute atomic E-state index is 13.1. The minimum Gasteiger partial charge on any atom is -0.387 e. The molecule has 0 rings (SSSR count). The number of phosphoric acid groups is 1. The number of carbonyl (C=O) groups is 1. The van der Waals surface area contributed by atoms with Gasteiger partial charge in [0, 0.05) is 6.42 Å². The van der Waals surface area contributed by atoms with Crippen LogP contribution >= 0.6 is 7.82 Å². The molecule has 0 heterocycles. The lowest BCUT2D eigenvalue weighted by Gasteiger charge is -2.25. The predicted octanol–water partition coefficient (Wildman–Crippen LogP) is 25.5. The molecule has 1 amide bonds. The standard InChI is InChI=1S/C81H151N2O6P/c1-6-8-10-12-14-16-18-20-22-24-26-28-30-32-34-36-37-38-39-40-41-42-43-44-45-47-49-51-53-55-57-59-61-63-65-67-69-71-73-75-81(85)82-79(78-89-90(86,87)88-77-76-83(3,4)5)80(84)74-72-70-68-66-64-62-60-58-56-54-52-50-48-46-35-33-31-29-27-25-23-21-19-17-15-13-11-9-7-2/h8,10,14,16,20,22,26,28,56,58,64,66,72,74,79-80,84H,6-7,9,11-13,15,17-19,21,23-25,27,29-55,57,59-63,65,67-71,73,75-78H2,1-5H3,(H-,82,85,86,87)/p+1/b10-8-,16-14-,22-20-,28-26-,58-56+,66-64+,74-72+. The molecule has 8 nitrogen and oxygen atoms in total. The Kier molecular flexibility index (Phi) is 69.2. The average Bonchev–Trinajstić information content (AvgIpc) is 3.72. The number of phosphoric ester groups is 1. The molecular weight excluding hydrogens is 1130 g/mol. The van der Waals surface area contributed by atoms with Crippen LogP contribution in [0.15, 0.2) is 85.1 Å². The van der Waals surface area contributed by atoms with E-state index in [2.05, 4.69) is 92.1 Å². The first-order valence-electron chi connectivity index (χ1n) is 39.0. The van der Waals surface area contributed by atoms with Crippen LogP contribution in [0.5, 0.6) is 0 Å². The van der Waals surface area contributed by atoms with Gasteiger partial charge in [-0.3, -0.25) is 13.8 Å². The molecule has 3 N–H and O–H groups in total. The van der Waals surface area contributed by atoms with Gasteiger partial charge in [0.1, 0.15) is 13.2 Å². The third-order valence-corrected chi connectivity index (χ3v) is 18.6. The summed E-state index contributed by atoms with van der Waals surface area (Å²) < 4.78 is 23.8. The van der Waals surface area contributed by atoms with Crippen LogP contribution in [0.3, 0.4) is 0 Å². The number of rotatable bonds is 72. The lowest BCUT2D eigenvalue weighted by molar-refractivity contribution is -0.870. The first-order valence-corrected chi connectivity index (χ1v) is 40.5. The van der Waals surface area contributed by atoms with Crippen molar-refractivity contribution in [3.8, 4) is 0 Å². The summed E-state index contributed by atoms with van der Waals surface area (Å²) in [6.07, 6.45) is 102. The van der Waals surface area contributed by atoms with Gasteiger partial charge in [-0.2, -0.15) is 0 Å². The van der Waals surface area contributed by atoms with Crippen LogP contribution in [0.25, 0.3) is 0 Å². The van der Waals surface area contributed by atoms with E-state index in [1.807, 2.05) is 27.2 Å². The summed E-state index contributed by atoms with van der Waals surface area (Å²) in [5.41, 5.74) is 0. The zero-order valence-corrected chi connectivity index (χ0v) is 61.3. The van der Waals surface area contributed by atoms with E-state index in [0.717, 1.165) is 70.6 Å². The molecule has 0 aliphatic rings. The lowest BCUT2D eigenvalue weighted by atomic mass is 10.0. The number of allylic oxidation sites excluding steroid dienone is 13. The second-order valence-electron chi connectivity index (χ2n) is 27.7. The molecule has 3 unspecified atom stereocenters. The molecule has 0 aromatic rings. The van der Waals surface area contributed by atoms with E-state index in [1.54, 1.807) is 6.08 Å². The van der Waals surface area contributed by atoms with E-state index in [9.17, 15) is 19.4 Å². The van der Waals surface area contributed by atoms with Crippen molar-refractivity contribution in [3.05, 3.63) is 85.1 Å². The van der Waals surface area contributed by atoms with Gasteiger partial charge < -0.3 is 19.8 Å². The zero-order chi connectivity index (χ0) is 65.5. The van der Waals surface area contributed by atoms with Crippen LogP contribution < -0.4 is 5.32 Å². The maximum Gasteiger partial charge on any atom is 0.472 e. The number of likely N-dealkylation sites (N-methyl/N-ethyl adjacent to an activating group) is 1. The van der Waals surface area contributed by atoms with Crippen LogP contribution in [-0.4, -0.2) is 73.4 Å². The molecule has 90 heavy (non-hydrogen) atoms. The summed E-state index contributed by atoms with van der Waals surface area (Å²) in [5.74, 6) is -0.185. The number of unbranched alkanes of at least 4 members (excludes halogenated alkanes) is 47. The maximum atomic E-state index is 13.1. The molecule has 9 heteroatoms. The zero-order valence-electron chi connectivity index (χ0n) is 60.4. The van der Waals surface area contributed by atoms with E-state index in [4.69, 9.17) is 9.05 Å². The molecule has 0 aliphatic carbocycles. The summed E-state index contributed by atoms with van der Waals surface area (Å²) in [5, 5.41) is 14.0. The van der Waals surface area contributed by atoms with Crippen molar-refractivity contribution in [1.29, 1.82) is 0 Å². The normalized spacial score (nSPS) is 14.0. The summed E-state index contributed by atoms with van der Waals surface area (Å²) in [4.78, 5) is 23.5. The van der Waals surface area contributed by atoms with E-state index in [-0.39, 0.29) is 19.1 Å². The van der Waals surface area contributed by atoms with E-state index in [1.165, 1.54) is 283 Å². The van der Waals surface area contributed by atoms with Crippen LogP contribution in [0.2, 0.25) is 0 Å². The molecule has 0 fully saturated rings. The summed E-state index contributed by atoms with van der Waals surface area (Å²) in [7, 11) is 1.56. The van der Waals surface area contributed by atoms with Gasteiger partial charge in [-0.25, -0.2) is 4.57 Å². The molecule has 0 bridgehead atoms. The van der Waals surface area contributed by atoms with Crippen molar-refractivity contribution >= 4 is 13.7 Å². The van der Waals surface area contributed by atoms with E-state index < -0.39 is 20.0 Å². The molecule has 0 aromatic carbocycles. The van der Waals surface area contributed by atoms with Crippen molar-refractivity contribution in [1.82, 2.24) is 5.32 Å². The van der Waals surface area contributed by atoms with Gasteiger partial charge in [0.05, 0.1) is 39.9 Å². The molecular formula is C81H152N2O6P+. The Bertz CT molecular complexity index is 1750. The van der Waals surface area contributed by atoms with Gasteiger partial charge in [0.2, 0.25) is 5.91 Å². The van der Waals surface area contributed by atoms with Gasteiger partial charge in [-0.05, 0) is 83.5 Å². The second-order valence-corrected chi connectivity index (χ2v) is 29.1. The van der Waals surface area contributed by atoms with E-state index >= 15 is 0 Å². The second kappa shape index (κ2) is 71.0. The van der Waals surface area contributed by atoms with Crippen molar-refractivity contribution in [2.24, 2.45) is 0 Å². The Morgan fingerprint density at radius 1 is 0.389 bits per heavy atom. The number of hydrogen-bond donors (Lipinski definition) is 3. The third kappa shape index (κ3) is 73.1. The average molecular weight is 1280 g/mol. The number of amides is 1. The Hall–Kier alpha value is -2.32. The first-order chi connectivity index (χ1) is 44.0. The molecule has 0 aromatic heterocycles. The Labute approximate surface area is 560 Å². The summed E-state index contributed by atoms with van der Waals surface area (Å²) in [6, 6.07) is -0.873. The highest BCUT2D eigenvalue weighted by atomic mass is 31.2. The van der Waals surface area contributed by atoms with Crippen LogP contribution in [0.4, 0.5) is 0 Å². The number of aliphatic hydroxyl groups is 1. The smallest absolute Gasteiger partial charge is 0.387 e. The lowest BCUT2D eigenvalue weighted by Crippen LogP contribution is -2.45. The predicted molar refractivity (Wildman–Crippen MR) is 396 cm³/mol. The highest BCUT2D eigenvalue weighted by molar-refractivity contribution is 7.47. The summed E-state index contributed by atoms with van der Waals surface area (Å²) in [6.45, 7) is 4.72. The van der Waals surface area contributed by atoms with Gasteiger partial charge in [0.25, 0.3) is 0 Å². The first kappa shape index (κ1) is 87.7. The van der Waals surface area contributed by atoms with E-state index in [0.29, 0.717) is 17.4 Å². The highest BCUT2D eigenvalue weighted by Crippen LogP contribution is 2.43. The fourth-order valence-electron chi connectivity index (χ4n) is 11.6. The largest absolute Gasteiger partial charge is 0.472 e. The van der Waals surface area contributed by atoms with Crippen LogP contribution in [0, 0.1) is 0 Å². The number of carbonyl (C=O) groups excluding carboxylic acids is 1. The van der Waals surface area contributed by atoms with Gasteiger partial charge >= 0.3 is 7.82 Å². The summed E-state index contributed by atoms with van der Waals surface area (Å²) >= 11 is 0. The molecule has 0 saturated heterocycles. The number of hydrogen-bond acceptors (Lipinski definition) is 5. The molecule has 3 atom stereocenters. The minimum atomic E-state index is -4.37. The van der Waals surface area contributed by atoms with Crippen molar-refractivity contribution in [3.63, 3.8) is 0 Å². The Morgan fingerprint density at radius 2 is 0.678 bits per heavy atom. The SMILES string of the molecule is CC/C=C\C/C=C\C/C=C\C/C=C\CCCCCCCCCCCCCCCCCCCCCCCCCCCCC(=O)NC(COP(=O)(O)OCC[N+](C)(C)C)C(O)/C=C/CC/C=C/CC/C=C/CCCCCCCCCCCCCCCCCCCCC. The number of quaternary nitrogens is 1. The fourth-order valence-corrected chi connectivity index (χ4v) is 12.3. The van der Waals surface area contributed by atoms with Crippen LogP contribution in [0.1, 0.15) is 373 Å². The molecule has 0 spiro atoms. The van der Waals surface area contributed by atoms with Crippen molar-refractivity contribution in [2.45, 2.75) is 386 Å². The topological polar surface area (TPSA) is 105 Å². The number of aliphatic hydroxyl groups excluding tert-OH is 1. The Morgan fingerprint density at radius 3 is 1.02 bits per heavy atom. The Balaban J connectivity index is 4.00. The van der Waals surface area contributed by atoms with Crippen molar-refractivity contribution < 1.29 is 32.9 Å². The quantitative estimate of drug-likeness (QED) is 0.0243. The van der Waals surface area contributed by atoms with Gasteiger partial charge in [-0.1, -0.05) is 369 Å². The molecule has 0 radical (unpaired) electrons. The van der Waals surface area contributed by atoms with Gasteiger partial charge in [0.15, 0.2) is 0 Å². The third-order valence-electron chi connectivity index (χ3n) is 17.6. The molecule has 0 saturated carbocycles.